The van der Waals surface area contributed by atoms with E-state index in [9.17, 15) is 9.59 Å². The summed E-state index contributed by atoms with van der Waals surface area (Å²) < 4.78 is 1.56. The van der Waals surface area contributed by atoms with E-state index in [4.69, 9.17) is 17.3 Å². The number of hydrogen-bond donors (Lipinski definition) is 3. The molecule has 162 valence electrons. The summed E-state index contributed by atoms with van der Waals surface area (Å²) in [4.78, 5) is 25.3. The van der Waals surface area contributed by atoms with E-state index in [2.05, 4.69) is 15.7 Å². The van der Waals surface area contributed by atoms with E-state index in [0.29, 0.717) is 16.9 Å². The number of anilines is 1. The van der Waals surface area contributed by atoms with Crippen LogP contribution in [0.4, 0.5) is 5.69 Å². The van der Waals surface area contributed by atoms with Crippen molar-refractivity contribution in [3.05, 3.63) is 46.2 Å². The zero-order chi connectivity index (χ0) is 22.1. The molecule has 30 heavy (non-hydrogen) atoms. The maximum Gasteiger partial charge on any atom is 0.273 e. The number of aromatic nitrogens is 2. The van der Waals surface area contributed by atoms with Gasteiger partial charge in [-0.25, -0.2) is 0 Å². The van der Waals surface area contributed by atoms with Crippen LogP contribution < -0.4 is 16.4 Å². The summed E-state index contributed by atoms with van der Waals surface area (Å²) in [6.45, 7) is 6.13. The second-order valence-electron chi connectivity index (χ2n) is 9.02. The summed E-state index contributed by atoms with van der Waals surface area (Å²) in [7, 11) is 1.74. The van der Waals surface area contributed by atoms with E-state index in [1.807, 2.05) is 20.8 Å². The van der Waals surface area contributed by atoms with Crippen molar-refractivity contribution in [3.63, 3.8) is 0 Å². The quantitative estimate of drug-likeness (QED) is 0.687. The van der Waals surface area contributed by atoms with Crippen molar-refractivity contribution in [1.29, 1.82) is 0 Å². The Bertz CT molecular complexity index is 939. The van der Waals surface area contributed by atoms with Gasteiger partial charge in [0, 0.05) is 30.2 Å². The van der Waals surface area contributed by atoms with Crippen LogP contribution in [0.1, 0.15) is 73.0 Å². The van der Waals surface area contributed by atoms with Crippen LogP contribution in [0.5, 0.6) is 0 Å². The zero-order valence-electron chi connectivity index (χ0n) is 18.0. The van der Waals surface area contributed by atoms with Crippen LogP contribution in [0.15, 0.2) is 24.3 Å². The van der Waals surface area contributed by atoms with Crippen LogP contribution >= 0.6 is 11.6 Å². The Balaban J connectivity index is 1.67. The maximum atomic E-state index is 12.7. The second-order valence-corrected chi connectivity index (χ2v) is 9.43. The molecule has 1 heterocycles. The second kappa shape index (κ2) is 8.78. The van der Waals surface area contributed by atoms with Gasteiger partial charge < -0.3 is 16.4 Å². The molecule has 0 bridgehead atoms. The van der Waals surface area contributed by atoms with Crippen LogP contribution in [-0.2, 0) is 12.5 Å². The normalized spacial score (nSPS) is 19.4. The summed E-state index contributed by atoms with van der Waals surface area (Å²) in [5, 5.41) is 10.6. The number of benzene rings is 1. The van der Waals surface area contributed by atoms with Gasteiger partial charge in [-0.1, -0.05) is 32.4 Å². The first-order valence-corrected chi connectivity index (χ1v) is 10.6. The molecular weight excluding hydrogens is 402 g/mol. The highest BCUT2D eigenvalue weighted by atomic mass is 35.5. The van der Waals surface area contributed by atoms with Crippen LogP contribution in [0.25, 0.3) is 0 Å². The molecule has 1 aromatic carbocycles. The molecule has 0 radical (unpaired) electrons. The minimum atomic E-state index is -0.285. The Hall–Kier alpha value is -2.38. The first-order chi connectivity index (χ1) is 14.0. The molecule has 0 aliphatic heterocycles. The van der Waals surface area contributed by atoms with E-state index >= 15 is 0 Å². The van der Waals surface area contributed by atoms with E-state index in [-0.39, 0.29) is 34.3 Å². The van der Waals surface area contributed by atoms with E-state index in [0.717, 1.165) is 31.4 Å². The smallest absolute Gasteiger partial charge is 0.273 e. The Morgan fingerprint density at radius 1 is 1.13 bits per heavy atom. The Kier molecular flexibility index (Phi) is 6.53. The molecule has 0 atom stereocenters. The highest BCUT2D eigenvalue weighted by Crippen LogP contribution is 2.25. The van der Waals surface area contributed by atoms with Crippen molar-refractivity contribution in [2.45, 2.75) is 64.0 Å². The number of halogens is 1. The summed E-state index contributed by atoms with van der Waals surface area (Å²) in [5.41, 5.74) is 7.96. The molecule has 1 aliphatic rings. The van der Waals surface area contributed by atoms with Gasteiger partial charge in [0.05, 0.1) is 16.3 Å². The minimum Gasteiger partial charge on any atom is -0.349 e. The fourth-order valence-corrected chi connectivity index (χ4v) is 3.81. The lowest BCUT2D eigenvalue weighted by atomic mass is 9.91. The topological polar surface area (TPSA) is 102 Å². The molecule has 1 aromatic heterocycles. The standard InChI is InChI=1S/C22H30ClN5O2/c1-22(2,3)19-12-18(28(4)27-19)21(30)26-15-9-10-16(17(23)11-15)20(29)25-14-7-5-13(24)6-8-14/h9-14H,5-8,24H2,1-4H3,(H,25,29)(H,26,30). The molecule has 1 aliphatic carbocycles. The SMILES string of the molecule is Cn1nc(C(C)(C)C)cc1C(=O)Nc1ccc(C(=O)NC2CCC(N)CC2)c(Cl)c1. The first kappa shape index (κ1) is 22.3. The fraction of sp³-hybridized carbons (Fsp3) is 0.500. The van der Waals surface area contributed by atoms with Crippen LogP contribution in [0.2, 0.25) is 5.02 Å². The lowest BCUT2D eigenvalue weighted by molar-refractivity contribution is 0.0925. The van der Waals surface area contributed by atoms with Gasteiger partial charge in [-0.15, -0.1) is 0 Å². The van der Waals surface area contributed by atoms with Gasteiger partial charge in [-0.05, 0) is 49.9 Å². The molecule has 2 amide bonds. The minimum absolute atomic E-state index is 0.120. The number of aryl methyl sites for hydroxylation is 1. The van der Waals surface area contributed by atoms with Gasteiger partial charge in [0.25, 0.3) is 11.8 Å². The number of nitrogens with one attached hydrogen (secondary N) is 2. The van der Waals surface area contributed by atoms with Gasteiger partial charge in [0.2, 0.25) is 0 Å². The Morgan fingerprint density at radius 2 is 1.80 bits per heavy atom. The van der Waals surface area contributed by atoms with Gasteiger partial charge in [0.1, 0.15) is 5.69 Å². The highest BCUT2D eigenvalue weighted by Gasteiger charge is 2.23. The molecule has 3 rings (SSSR count). The number of nitrogens with two attached hydrogens (primary N) is 1. The molecule has 2 aromatic rings. The third kappa shape index (κ3) is 5.21. The number of nitrogens with zero attached hydrogens (tertiary/aromatic N) is 2. The molecule has 4 N–H and O–H groups in total. The highest BCUT2D eigenvalue weighted by molar-refractivity contribution is 6.34. The molecule has 1 fully saturated rings. The molecule has 0 unspecified atom stereocenters. The molecule has 7 nitrogen and oxygen atoms in total. The molecule has 1 saturated carbocycles. The number of hydrogen-bond acceptors (Lipinski definition) is 4. The average Bonchev–Trinajstić information content (AvgIpc) is 3.06. The van der Waals surface area contributed by atoms with Crippen LogP contribution in [0.3, 0.4) is 0 Å². The molecule has 0 spiro atoms. The van der Waals surface area contributed by atoms with Crippen LogP contribution in [0, 0.1) is 0 Å². The zero-order valence-corrected chi connectivity index (χ0v) is 18.7. The third-order valence-corrected chi connectivity index (χ3v) is 5.77. The number of carbonyl (C=O) groups is 2. The summed E-state index contributed by atoms with van der Waals surface area (Å²) >= 11 is 6.34. The van der Waals surface area contributed by atoms with E-state index < -0.39 is 0 Å². The number of carbonyl (C=O) groups excluding carboxylic acids is 2. The van der Waals surface area contributed by atoms with Crippen molar-refractivity contribution < 1.29 is 9.59 Å². The van der Waals surface area contributed by atoms with Crippen molar-refractivity contribution in [2.24, 2.45) is 12.8 Å². The van der Waals surface area contributed by atoms with Crippen molar-refractivity contribution in [2.75, 3.05) is 5.32 Å². The molecule has 8 heteroatoms. The number of amides is 2. The maximum absolute atomic E-state index is 12.7. The molecular formula is C22H30ClN5O2. The fourth-order valence-electron chi connectivity index (χ4n) is 3.55. The van der Waals surface area contributed by atoms with Crippen LogP contribution in [-0.4, -0.2) is 33.7 Å². The predicted molar refractivity (Wildman–Crippen MR) is 119 cm³/mol. The van der Waals surface area contributed by atoms with Gasteiger partial charge >= 0.3 is 0 Å². The third-order valence-electron chi connectivity index (χ3n) is 5.46. The predicted octanol–water partition coefficient (Wildman–Crippen LogP) is 3.62. The summed E-state index contributed by atoms with van der Waals surface area (Å²) in [6, 6.07) is 7.03. The lowest BCUT2D eigenvalue weighted by Crippen LogP contribution is -2.40. The van der Waals surface area contributed by atoms with Gasteiger partial charge in [0.15, 0.2) is 0 Å². The van der Waals surface area contributed by atoms with Crippen molar-refractivity contribution in [3.8, 4) is 0 Å². The average molecular weight is 432 g/mol. The largest absolute Gasteiger partial charge is 0.349 e. The number of rotatable bonds is 4. The first-order valence-electron chi connectivity index (χ1n) is 10.3. The van der Waals surface area contributed by atoms with Crippen molar-refractivity contribution >= 4 is 29.1 Å². The van der Waals surface area contributed by atoms with E-state index in [1.54, 1.807) is 36.0 Å². The van der Waals surface area contributed by atoms with E-state index in [1.165, 1.54) is 0 Å². The summed E-state index contributed by atoms with van der Waals surface area (Å²) in [5.74, 6) is -0.493. The Morgan fingerprint density at radius 3 is 2.37 bits per heavy atom. The van der Waals surface area contributed by atoms with Gasteiger partial charge in [-0.3, -0.25) is 14.3 Å². The monoisotopic (exact) mass is 431 g/mol. The molecule has 0 saturated heterocycles. The van der Waals surface area contributed by atoms with Crippen molar-refractivity contribution in [1.82, 2.24) is 15.1 Å². The Labute approximate surface area is 182 Å². The van der Waals surface area contributed by atoms with Gasteiger partial charge in [-0.2, -0.15) is 5.10 Å². The lowest BCUT2D eigenvalue weighted by Gasteiger charge is -2.27. The summed E-state index contributed by atoms with van der Waals surface area (Å²) in [6.07, 6.45) is 3.57.